The van der Waals surface area contributed by atoms with Gasteiger partial charge in [0.05, 0.1) is 0 Å². The summed E-state index contributed by atoms with van der Waals surface area (Å²) in [6.07, 6.45) is 4.03. The SMILES string of the molecule is O=C(c1cc2ccccc2o1)N1CCCC1c1nc(C2CC2)no1. The summed E-state index contributed by atoms with van der Waals surface area (Å²) in [5.74, 6) is 2.04. The van der Waals surface area contributed by atoms with E-state index in [0.29, 0.717) is 24.1 Å². The number of nitrogens with zero attached hydrogens (tertiary/aromatic N) is 3. The molecule has 0 radical (unpaired) electrons. The summed E-state index contributed by atoms with van der Waals surface area (Å²) in [6.45, 7) is 0.682. The molecule has 1 aromatic carbocycles. The number of benzene rings is 1. The number of para-hydroxylation sites is 1. The smallest absolute Gasteiger partial charge is 0.290 e. The Hall–Kier alpha value is -2.63. The molecular formula is C18H17N3O3. The van der Waals surface area contributed by atoms with E-state index in [1.54, 1.807) is 11.0 Å². The lowest BCUT2D eigenvalue weighted by Gasteiger charge is -2.20. The zero-order chi connectivity index (χ0) is 16.1. The Bertz CT molecular complexity index is 876. The van der Waals surface area contributed by atoms with Gasteiger partial charge in [-0.25, -0.2) is 0 Å². The number of hydrogen-bond donors (Lipinski definition) is 0. The summed E-state index contributed by atoms with van der Waals surface area (Å²) in [7, 11) is 0. The Labute approximate surface area is 138 Å². The average Bonchev–Trinajstić information content (AvgIpc) is 3.06. The minimum absolute atomic E-state index is 0.111. The van der Waals surface area contributed by atoms with Gasteiger partial charge in [-0.15, -0.1) is 0 Å². The van der Waals surface area contributed by atoms with Crippen molar-refractivity contribution in [2.24, 2.45) is 0 Å². The first kappa shape index (κ1) is 13.8. The second-order valence-electron chi connectivity index (χ2n) is 6.57. The molecule has 6 nitrogen and oxygen atoms in total. The molecule has 5 rings (SSSR count). The van der Waals surface area contributed by atoms with Crippen LogP contribution in [0.2, 0.25) is 0 Å². The van der Waals surface area contributed by atoms with Crippen molar-refractivity contribution in [3.05, 3.63) is 47.8 Å². The van der Waals surface area contributed by atoms with Crippen molar-refractivity contribution in [3.63, 3.8) is 0 Å². The van der Waals surface area contributed by atoms with Crippen molar-refractivity contribution < 1.29 is 13.7 Å². The molecule has 1 saturated heterocycles. The van der Waals surface area contributed by atoms with Crippen molar-refractivity contribution in [2.75, 3.05) is 6.54 Å². The van der Waals surface area contributed by atoms with Crippen LogP contribution in [0, 0.1) is 0 Å². The maximum atomic E-state index is 12.9. The molecule has 3 heterocycles. The van der Waals surface area contributed by atoms with E-state index in [-0.39, 0.29) is 11.9 Å². The fraction of sp³-hybridized carbons (Fsp3) is 0.389. The van der Waals surface area contributed by atoms with Crippen molar-refractivity contribution in [1.82, 2.24) is 15.0 Å². The van der Waals surface area contributed by atoms with Gasteiger partial charge in [0.2, 0.25) is 5.89 Å². The van der Waals surface area contributed by atoms with E-state index in [2.05, 4.69) is 10.1 Å². The van der Waals surface area contributed by atoms with E-state index in [1.807, 2.05) is 24.3 Å². The van der Waals surface area contributed by atoms with Gasteiger partial charge in [-0.2, -0.15) is 4.98 Å². The average molecular weight is 323 g/mol. The maximum Gasteiger partial charge on any atom is 0.290 e. The van der Waals surface area contributed by atoms with Gasteiger partial charge in [-0.1, -0.05) is 23.4 Å². The van der Waals surface area contributed by atoms with Gasteiger partial charge in [0, 0.05) is 17.8 Å². The van der Waals surface area contributed by atoms with Crippen LogP contribution < -0.4 is 0 Å². The number of furan rings is 1. The third-order valence-corrected chi connectivity index (χ3v) is 4.83. The number of hydrogen-bond acceptors (Lipinski definition) is 5. The zero-order valence-electron chi connectivity index (χ0n) is 13.1. The molecule has 3 aromatic rings. The first-order chi connectivity index (χ1) is 11.8. The second kappa shape index (κ2) is 5.19. The van der Waals surface area contributed by atoms with Crippen LogP contribution in [0.4, 0.5) is 0 Å². The Morgan fingerprint density at radius 1 is 1.21 bits per heavy atom. The highest BCUT2D eigenvalue weighted by molar-refractivity contribution is 5.96. The molecule has 2 aliphatic rings. The Kier molecular flexibility index (Phi) is 2.98. The quantitative estimate of drug-likeness (QED) is 0.735. The van der Waals surface area contributed by atoms with Crippen LogP contribution >= 0.6 is 0 Å². The summed E-state index contributed by atoms with van der Waals surface area (Å²) in [6, 6.07) is 9.30. The number of rotatable bonds is 3. The van der Waals surface area contributed by atoms with Gasteiger partial charge in [0.25, 0.3) is 5.91 Å². The van der Waals surface area contributed by atoms with Crippen LogP contribution in [0.5, 0.6) is 0 Å². The standard InChI is InChI=1S/C18H17N3O3/c22-18(15-10-12-4-1-2-6-14(12)23-15)21-9-3-5-13(21)17-19-16(20-24-17)11-7-8-11/h1-2,4,6,10-11,13H,3,5,7-9H2. The fourth-order valence-electron chi connectivity index (χ4n) is 3.39. The minimum Gasteiger partial charge on any atom is -0.451 e. The number of fused-ring (bicyclic) bond motifs is 1. The number of likely N-dealkylation sites (tertiary alicyclic amines) is 1. The number of amides is 1. The zero-order valence-corrected chi connectivity index (χ0v) is 13.1. The van der Waals surface area contributed by atoms with Crippen LogP contribution in [0.15, 0.2) is 39.3 Å². The lowest BCUT2D eigenvalue weighted by Crippen LogP contribution is -2.30. The van der Waals surface area contributed by atoms with Gasteiger partial charge in [0.15, 0.2) is 11.6 Å². The summed E-state index contributed by atoms with van der Waals surface area (Å²) in [4.78, 5) is 19.2. The molecule has 1 aliphatic heterocycles. The molecule has 1 unspecified atom stereocenters. The van der Waals surface area contributed by atoms with Crippen LogP contribution in [-0.4, -0.2) is 27.5 Å². The van der Waals surface area contributed by atoms with E-state index < -0.39 is 0 Å². The van der Waals surface area contributed by atoms with Crippen LogP contribution in [0.1, 0.15) is 59.9 Å². The molecule has 1 amide bonds. The molecule has 6 heteroatoms. The lowest BCUT2D eigenvalue weighted by molar-refractivity contribution is 0.0680. The summed E-state index contributed by atoms with van der Waals surface area (Å²) >= 11 is 0. The highest BCUT2D eigenvalue weighted by Gasteiger charge is 2.37. The van der Waals surface area contributed by atoms with E-state index in [0.717, 1.165) is 42.5 Å². The number of aromatic nitrogens is 2. The second-order valence-corrected chi connectivity index (χ2v) is 6.57. The summed E-state index contributed by atoms with van der Waals surface area (Å²) in [5, 5.41) is 5.01. The van der Waals surface area contributed by atoms with Gasteiger partial charge in [0.1, 0.15) is 11.6 Å². The highest BCUT2D eigenvalue weighted by Crippen LogP contribution is 2.40. The van der Waals surface area contributed by atoms with Crippen molar-refractivity contribution in [2.45, 2.75) is 37.6 Å². The molecule has 122 valence electrons. The summed E-state index contributed by atoms with van der Waals surface area (Å²) in [5.41, 5.74) is 0.727. The summed E-state index contributed by atoms with van der Waals surface area (Å²) < 4.78 is 11.2. The molecule has 0 spiro atoms. The topological polar surface area (TPSA) is 72.4 Å². The van der Waals surface area contributed by atoms with E-state index in [4.69, 9.17) is 8.94 Å². The molecule has 2 aromatic heterocycles. The molecule has 1 aliphatic carbocycles. The first-order valence-electron chi connectivity index (χ1n) is 8.42. The molecule has 2 fully saturated rings. The largest absolute Gasteiger partial charge is 0.451 e. The third kappa shape index (κ3) is 2.21. The van der Waals surface area contributed by atoms with Crippen LogP contribution in [0.3, 0.4) is 0 Å². The number of carbonyl (C=O) groups is 1. The predicted molar refractivity (Wildman–Crippen MR) is 85.5 cm³/mol. The Balaban J connectivity index is 1.44. The molecule has 1 saturated carbocycles. The first-order valence-corrected chi connectivity index (χ1v) is 8.42. The van der Waals surface area contributed by atoms with Crippen molar-refractivity contribution in [3.8, 4) is 0 Å². The maximum absolute atomic E-state index is 12.9. The lowest BCUT2D eigenvalue weighted by atomic mass is 10.2. The van der Waals surface area contributed by atoms with Crippen molar-refractivity contribution in [1.29, 1.82) is 0 Å². The highest BCUT2D eigenvalue weighted by atomic mass is 16.5. The van der Waals surface area contributed by atoms with Gasteiger partial charge in [-0.3, -0.25) is 4.79 Å². The van der Waals surface area contributed by atoms with Crippen LogP contribution in [-0.2, 0) is 0 Å². The van der Waals surface area contributed by atoms with Crippen LogP contribution in [0.25, 0.3) is 11.0 Å². The Morgan fingerprint density at radius 2 is 2.08 bits per heavy atom. The van der Waals surface area contributed by atoms with E-state index in [9.17, 15) is 4.79 Å². The van der Waals surface area contributed by atoms with Gasteiger partial charge < -0.3 is 13.8 Å². The molecule has 0 bridgehead atoms. The van der Waals surface area contributed by atoms with Gasteiger partial charge in [-0.05, 0) is 37.8 Å². The Morgan fingerprint density at radius 3 is 2.92 bits per heavy atom. The van der Waals surface area contributed by atoms with Crippen molar-refractivity contribution >= 4 is 16.9 Å². The third-order valence-electron chi connectivity index (χ3n) is 4.83. The predicted octanol–water partition coefficient (Wildman–Crippen LogP) is 3.67. The molecule has 0 N–H and O–H groups in total. The van der Waals surface area contributed by atoms with Gasteiger partial charge >= 0.3 is 0 Å². The normalized spacial score (nSPS) is 20.8. The fourth-order valence-corrected chi connectivity index (χ4v) is 3.39. The molecular weight excluding hydrogens is 306 g/mol. The number of carbonyl (C=O) groups excluding carboxylic acids is 1. The molecule has 1 atom stereocenters. The molecule has 24 heavy (non-hydrogen) atoms. The van der Waals surface area contributed by atoms with E-state index in [1.165, 1.54) is 0 Å². The minimum atomic E-state index is -0.147. The van der Waals surface area contributed by atoms with E-state index >= 15 is 0 Å². The monoisotopic (exact) mass is 323 g/mol.